The first-order valence-electron chi connectivity index (χ1n) is 8.78. The van der Waals surface area contributed by atoms with Crippen LogP contribution in [-0.2, 0) is 0 Å². The van der Waals surface area contributed by atoms with E-state index in [4.69, 9.17) is 4.74 Å². The molecule has 0 atom stereocenters. The van der Waals surface area contributed by atoms with Crippen molar-refractivity contribution in [2.24, 2.45) is 0 Å². The molecule has 2 heterocycles. The number of fused-ring (bicyclic) bond motifs is 1. The summed E-state index contributed by atoms with van der Waals surface area (Å²) in [5.74, 6) is -0.199. The van der Waals surface area contributed by atoms with Crippen LogP contribution in [-0.4, -0.2) is 41.2 Å². The van der Waals surface area contributed by atoms with Gasteiger partial charge in [0.1, 0.15) is 11.9 Å². The molecular formula is C20H19FN2O2S2. The zero-order valence-corrected chi connectivity index (χ0v) is 16.5. The first-order valence-corrected chi connectivity index (χ1v) is 10.8. The summed E-state index contributed by atoms with van der Waals surface area (Å²) in [6, 6.07) is 12.3. The number of amides is 1. The lowest BCUT2D eigenvalue weighted by molar-refractivity contribution is 0.0595. The molecule has 1 aromatic heterocycles. The Morgan fingerprint density at radius 1 is 1.26 bits per heavy atom. The Bertz CT molecular complexity index is 968. The van der Waals surface area contributed by atoms with Crippen molar-refractivity contribution in [1.29, 1.82) is 0 Å². The number of nitrogens with zero attached hydrogens (tertiary/aromatic N) is 2. The molecule has 27 heavy (non-hydrogen) atoms. The van der Waals surface area contributed by atoms with Gasteiger partial charge in [0, 0.05) is 36.4 Å². The first-order chi connectivity index (χ1) is 13.1. The predicted molar refractivity (Wildman–Crippen MR) is 107 cm³/mol. The van der Waals surface area contributed by atoms with Crippen LogP contribution in [0.2, 0.25) is 0 Å². The number of hydrogen-bond acceptors (Lipinski definition) is 5. The minimum absolute atomic E-state index is 0.0250. The molecule has 0 aliphatic carbocycles. The molecule has 1 fully saturated rings. The second kappa shape index (κ2) is 7.86. The highest BCUT2D eigenvalue weighted by Crippen LogP contribution is 2.30. The van der Waals surface area contributed by atoms with E-state index >= 15 is 0 Å². The van der Waals surface area contributed by atoms with Crippen molar-refractivity contribution in [3.05, 3.63) is 53.8 Å². The normalized spacial score (nSPS) is 15.3. The molecule has 140 valence electrons. The lowest BCUT2D eigenvalue weighted by Gasteiger charge is -2.31. The SMILES string of the molecule is CSc1cccc(C(=O)N2CCC(Oc3nc4ccc(F)cc4s3)CC2)c1. The van der Waals surface area contributed by atoms with Gasteiger partial charge in [-0.05, 0) is 42.7 Å². The fourth-order valence-electron chi connectivity index (χ4n) is 3.19. The zero-order chi connectivity index (χ0) is 18.8. The van der Waals surface area contributed by atoms with Gasteiger partial charge in [-0.1, -0.05) is 17.4 Å². The molecule has 0 unspecified atom stereocenters. The maximum Gasteiger partial charge on any atom is 0.274 e. The van der Waals surface area contributed by atoms with Crippen molar-refractivity contribution >= 4 is 39.2 Å². The second-order valence-corrected chi connectivity index (χ2v) is 8.31. The third-order valence-electron chi connectivity index (χ3n) is 4.64. The van der Waals surface area contributed by atoms with Crippen LogP contribution in [0, 0.1) is 5.82 Å². The molecule has 0 N–H and O–H groups in total. The number of thioether (sulfide) groups is 1. The van der Waals surface area contributed by atoms with Crippen molar-refractivity contribution in [2.45, 2.75) is 23.8 Å². The fraction of sp³-hybridized carbons (Fsp3) is 0.300. The first kappa shape index (κ1) is 18.3. The number of rotatable bonds is 4. The van der Waals surface area contributed by atoms with Crippen LogP contribution in [0.3, 0.4) is 0 Å². The highest BCUT2D eigenvalue weighted by molar-refractivity contribution is 7.98. The number of benzene rings is 2. The number of likely N-dealkylation sites (tertiary alicyclic amines) is 1. The van der Waals surface area contributed by atoms with Gasteiger partial charge in [-0.3, -0.25) is 4.79 Å². The molecule has 1 aliphatic heterocycles. The largest absolute Gasteiger partial charge is 0.467 e. The van der Waals surface area contributed by atoms with Crippen molar-refractivity contribution < 1.29 is 13.9 Å². The summed E-state index contributed by atoms with van der Waals surface area (Å²) in [6.07, 6.45) is 3.55. The molecule has 0 saturated carbocycles. The van der Waals surface area contributed by atoms with Crippen molar-refractivity contribution in [1.82, 2.24) is 9.88 Å². The van der Waals surface area contributed by atoms with E-state index < -0.39 is 0 Å². The Balaban J connectivity index is 1.37. The van der Waals surface area contributed by atoms with E-state index in [-0.39, 0.29) is 17.8 Å². The number of hydrogen-bond donors (Lipinski definition) is 0. The van der Waals surface area contributed by atoms with Gasteiger partial charge in [-0.25, -0.2) is 9.37 Å². The summed E-state index contributed by atoms with van der Waals surface area (Å²) in [6.45, 7) is 1.32. The van der Waals surface area contributed by atoms with Crippen LogP contribution < -0.4 is 4.74 Å². The number of halogens is 1. The van der Waals surface area contributed by atoms with Crippen LogP contribution >= 0.6 is 23.1 Å². The Morgan fingerprint density at radius 2 is 2.07 bits per heavy atom. The number of thiazole rings is 1. The molecule has 0 bridgehead atoms. The van der Waals surface area contributed by atoms with E-state index in [1.807, 2.05) is 35.4 Å². The van der Waals surface area contributed by atoms with Crippen LogP contribution in [0.4, 0.5) is 4.39 Å². The van der Waals surface area contributed by atoms with E-state index in [1.165, 1.54) is 23.5 Å². The summed E-state index contributed by atoms with van der Waals surface area (Å²) in [5.41, 5.74) is 1.48. The molecule has 7 heteroatoms. The summed E-state index contributed by atoms with van der Waals surface area (Å²) in [7, 11) is 0. The molecular weight excluding hydrogens is 383 g/mol. The lowest BCUT2D eigenvalue weighted by atomic mass is 10.1. The maximum atomic E-state index is 13.3. The maximum absolute atomic E-state index is 13.3. The Kier molecular flexibility index (Phi) is 5.31. The Labute approximate surface area is 165 Å². The van der Waals surface area contributed by atoms with Crippen LogP contribution in [0.15, 0.2) is 47.4 Å². The van der Waals surface area contributed by atoms with Gasteiger partial charge in [-0.15, -0.1) is 11.8 Å². The molecule has 2 aromatic carbocycles. The Hall–Kier alpha value is -2.12. The molecule has 1 saturated heterocycles. The highest BCUT2D eigenvalue weighted by atomic mass is 32.2. The number of piperidine rings is 1. The van der Waals surface area contributed by atoms with Crippen molar-refractivity contribution in [3.63, 3.8) is 0 Å². The molecule has 0 radical (unpaired) electrons. The third-order valence-corrected chi connectivity index (χ3v) is 6.28. The van der Waals surface area contributed by atoms with Crippen LogP contribution in [0.5, 0.6) is 5.19 Å². The average molecular weight is 403 g/mol. The van der Waals surface area contributed by atoms with E-state index in [0.29, 0.717) is 18.3 Å². The predicted octanol–water partition coefficient (Wildman–Crippen LogP) is 4.84. The minimum atomic E-state index is -0.268. The van der Waals surface area contributed by atoms with Gasteiger partial charge in [-0.2, -0.15) is 0 Å². The van der Waals surface area contributed by atoms with Gasteiger partial charge < -0.3 is 9.64 Å². The Morgan fingerprint density at radius 3 is 2.85 bits per heavy atom. The lowest BCUT2D eigenvalue weighted by Crippen LogP contribution is -2.41. The molecule has 1 aliphatic rings. The summed E-state index contributed by atoms with van der Waals surface area (Å²) in [4.78, 5) is 20.1. The van der Waals surface area contributed by atoms with Crippen molar-refractivity contribution in [3.8, 4) is 5.19 Å². The minimum Gasteiger partial charge on any atom is -0.467 e. The summed E-state index contributed by atoms with van der Waals surface area (Å²) in [5, 5.41) is 0.563. The van der Waals surface area contributed by atoms with Gasteiger partial charge in [0.05, 0.1) is 10.2 Å². The molecule has 1 amide bonds. The van der Waals surface area contributed by atoms with Gasteiger partial charge in [0.25, 0.3) is 11.1 Å². The molecule has 0 spiro atoms. The van der Waals surface area contributed by atoms with E-state index in [2.05, 4.69) is 4.98 Å². The monoisotopic (exact) mass is 402 g/mol. The number of ether oxygens (including phenoxy) is 1. The second-order valence-electron chi connectivity index (χ2n) is 6.43. The standard InChI is InChI=1S/C20H19FN2O2S2/c1-26-16-4-2-3-13(11-16)19(24)23-9-7-15(8-10-23)25-20-22-17-6-5-14(21)12-18(17)27-20/h2-6,11-12,15H,7-10H2,1H3. The smallest absolute Gasteiger partial charge is 0.274 e. The summed E-state index contributed by atoms with van der Waals surface area (Å²) < 4.78 is 20.1. The number of carbonyl (C=O) groups is 1. The topological polar surface area (TPSA) is 42.4 Å². The van der Waals surface area contributed by atoms with E-state index in [1.54, 1.807) is 17.8 Å². The number of carbonyl (C=O) groups excluding carboxylic acids is 1. The van der Waals surface area contributed by atoms with Crippen LogP contribution in [0.25, 0.3) is 10.2 Å². The molecule has 4 nitrogen and oxygen atoms in total. The van der Waals surface area contributed by atoms with Crippen molar-refractivity contribution in [2.75, 3.05) is 19.3 Å². The fourth-order valence-corrected chi connectivity index (χ4v) is 4.55. The van der Waals surface area contributed by atoms with E-state index in [9.17, 15) is 9.18 Å². The molecule has 3 aromatic rings. The average Bonchev–Trinajstić information content (AvgIpc) is 3.09. The zero-order valence-electron chi connectivity index (χ0n) is 14.9. The number of aromatic nitrogens is 1. The van der Waals surface area contributed by atoms with Gasteiger partial charge >= 0.3 is 0 Å². The quantitative estimate of drug-likeness (QED) is 0.586. The van der Waals surface area contributed by atoms with E-state index in [0.717, 1.165) is 33.5 Å². The van der Waals surface area contributed by atoms with Gasteiger partial charge in [0.2, 0.25) is 0 Å². The highest BCUT2D eigenvalue weighted by Gasteiger charge is 2.25. The third kappa shape index (κ3) is 4.09. The van der Waals surface area contributed by atoms with Gasteiger partial charge in [0.15, 0.2) is 0 Å². The molecule has 4 rings (SSSR count). The van der Waals surface area contributed by atoms with Crippen LogP contribution in [0.1, 0.15) is 23.2 Å². The summed E-state index contributed by atoms with van der Waals surface area (Å²) >= 11 is 2.99.